The van der Waals surface area contributed by atoms with E-state index < -0.39 is 36.4 Å². The molecule has 1 heterocycles. The molecular weight excluding hydrogens is 190 g/mol. The van der Waals surface area contributed by atoms with E-state index in [1.807, 2.05) is 0 Å². The van der Waals surface area contributed by atoms with Crippen LogP contribution in [0.4, 0.5) is 0 Å². The summed E-state index contributed by atoms with van der Waals surface area (Å²) in [6, 6.07) is -0.464. The molecule has 1 aliphatic heterocycles. The van der Waals surface area contributed by atoms with E-state index >= 15 is 0 Å². The van der Waals surface area contributed by atoms with E-state index in [1.54, 1.807) is 6.92 Å². The molecule has 14 heavy (non-hydrogen) atoms. The number of carbonyl (C=O) groups excluding carboxylic acids is 1. The number of ether oxygens (including phenoxy) is 2. The van der Waals surface area contributed by atoms with Crippen LogP contribution < -0.4 is 5.73 Å². The van der Waals surface area contributed by atoms with Crippen LogP contribution in [0.1, 0.15) is 6.92 Å². The molecule has 0 bridgehead atoms. The number of methoxy groups -OCH3 is 1. The van der Waals surface area contributed by atoms with Gasteiger partial charge in [-0.2, -0.15) is 0 Å². The molecule has 0 aromatic heterocycles. The number of nitrogens with two attached hydrogens (primary N) is 1. The molecule has 1 aliphatic rings. The lowest BCUT2D eigenvalue weighted by atomic mass is 10.0. The van der Waals surface area contributed by atoms with Crippen molar-refractivity contribution in [1.82, 2.24) is 0 Å². The fraction of sp³-hybridized carbons (Fsp3) is 0.875. The van der Waals surface area contributed by atoms with Gasteiger partial charge in [-0.25, -0.2) is 4.79 Å². The van der Waals surface area contributed by atoms with Crippen LogP contribution in [0.15, 0.2) is 0 Å². The normalized spacial score (nSPS) is 39.5. The number of aliphatic hydroxyl groups excluding tert-OH is 2. The summed E-state index contributed by atoms with van der Waals surface area (Å²) in [6.45, 7) is 1.63. The van der Waals surface area contributed by atoms with Crippen molar-refractivity contribution >= 4 is 5.97 Å². The minimum atomic E-state index is -1.28. The summed E-state index contributed by atoms with van der Waals surface area (Å²) >= 11 is 0. The Bertz CT molecular complexity index is 220. The number of aliphatic hydroxyl groups is 2. The standard InChI is InChI=1S/C8H15NO5/c1-3(9)6-4(10)5(11)7(14-6)8(12)13-2/h3-7,10-11H,9H2,1-2H3/t3-,4+,5-,6-,7-/m0/s1. The van der Waals surface area contributed by atoms with Crippen molar-refractivity contribution in [1.29, 1.82) is 0 Å². The van der Waals surface area contributed by atoms with E-state index in [1.165, 1.54) is 7.11 Å². The Kier molecular flexibility index (Phi) is 3.43. The van der Waals surface area contributed by atoms with Crippen LogP contribution in [0.2, 0.25) is 0 Å². The zero-order valence-corrected chi connectivity index (χ0v) is 8.08. The number of rotatable bonds is 2. The van der Waals surface area contributed by atoms with Crippen LogP contribution in [-0.2, 0) is 14.3 Å². The molecule has 1 saturated heterocycles. The second-order valence-corrected chi connectivity index (χ2v) is 3.38. The number of carbonyl (C=O) groups is 1. The van der Waals surface area contributed by atoms with Crippen molar-refractivity contribution in [3.05, 3.63) is 0 Å². The van der Waals surface area contributed by atoms with Gasteiger partial charge in [-0.1, -0.05) is 0 Å². The second kappa shape index (κ2) is 4.22. The van der Waals surface area contributed by atoms with Crippen molar-refractivity contribution in [2.75, 3.05) is 7.11 Å². The second-order valence-electron chi connectivity index (χ2n) is 3.38. The van der Waals surface area contributed by atoms with Crippen LogP contribution in [0.25, 0.3) is 0 Å². The summed E-state index contributed by atoms with van der Waals surface area (Å²) in [6.07, 6.45) is -4.32. The van der Waals surface area contributed by atoms with Crippen molar-refractivity contribution in [2.45, 2.75) is 37.4 Å². The highest BCUT2D eigenvalue weighted by Gasteiger charge is 2.48. The topological polar surface area (TPSA) is 102 Å². The minimum absolute atomic E-state index is 0.464. The Balaban J connectivity index is 2.71. The highest BCUT2D eigenvalue weighted by molar-refractivity contribution is 5.75. The Morgan fingerprint density at radius 2 is 2.07 bits per heavy atom. The maximum absolute atomic E-state index is 11.1. The van der Waals surface area contributed by atoms with Gasteiger partial charge >= 0.3 is 5.97 Å². The summed E-state index contributed by atoms with van der Waals surface area (Å²) in [7, 11) is 1.18. The zero-order chi connectivity index (χ0) is 10.9. The van der Waals surface area contributed by atoms with E-state index in [0.717, 1.165) is 0 Å². The van der Waals surface area contributed by atoms with Crippen molar-refractivity contribution in [3.63, 3.8) is 0 Å². The predicted molar refractivity (Wildman–Crippen MR) is 46.3 cm³/mol. The maximum atomic E-state index is 11.1. The molecular formula is C8H15NO5. The largest absolute Gasteiger partial charge is 0.467 e. The quantitative estimate of drug-likeness (QED) is 0.450. The molecule has 6 heteroatoms. The first-order valence-corrected chi connectivity index (χ1v) is 4.34. The molecule has 0 spiro atoms. The van der Waals surface area contributed by atoms with Gasteiger partial charge in [0.1, 0.15) is 18.3 Å². The lowest BCUT2D eigenvalue weighted by molar-refractivity contribution is -0.157. The molecule has 0 radical (unpaired) electrons. The first-order valence-electron chi connectivity index (χ1n) is 4.34. The molecule has 0 aromatic carbocycles. The predicted octanol–water partition coefficient (Wildman–Crippen LogP) is -2.00. The average Bonchev–Trinajstić information content (AvgIpc) is 2.43. The zero-order valence-electron chi connectivity index (χ0n) is 8.08. The van der Waals surface area contributed by atoms with Gasteiger partial charge in [-0.05, 0) is 6.92 Å². The molecule has 0 amide bonds. The SMILES string of the molecule is COC(=O)[C@H]1O[C@@H]([C@H](C)N)[C@H](O)[C@@H]1O. The molecule has 0 aromatic rings. The molecule has 1 fully saturated rings. The molecule has 0 unspecified atom stereocenters. The molecule has 4 N–H and O–H groups in total. The van der Waals surface area contributed by atoms with Crippen LogP contribution in [0.3, 0.4) is 0 Å². The highest BCUT2D eigenvalue weighted by atomic mass is 16.6. The molecule has 0 saturated carbocycles. The Morgan fingerprint density at radius 3 is 2.43 bits per heavy atom. The van der Waals surface area contributed by atoms with Gasteiger partial charge < -0.3 is 25.4 Å². The number of esters is 1. The summed E-state index contributed by atoms with van der Waals surface area (Å²) in [5.41, 5.74) is 5.51. The first kappa shape index (κ1) is 11.4. The van der Waals surface area contributed by atoms with Gasteiger partial charge in [0.05, 0.1) is 7.11 Å². The van der Waals surface area contributed by atoms with E-state index in [9.17, 15) is 15.0 Å². The molecule has 6 nitrogen and oxygen atoms in total. The fourth-order valence-electron chi connectivity index (χ4n) is 1.45. The van der Waals surface area contributed by atoms with E-state index in [4.69, 9.17) is 10.5 Å². The van der Waals surface area contributed by atoms with Crippen molar-refractivity contribution < 1.29 is 24.5 Å². The van der Waals surface area contributed by atoms with Crippen LogP contribution in [-0.4, -0.2) is 53.7 Å². The Hall–Kier alpha value is -0.690. The third-order valence-corrected chi connectivity index (χ3v) is 2.25. The van der Waals surface area contributed by atoms with Gasteiger partial charge in [0, 0.05) is 6.04 Å². The van der Waals surface area contributed by atoms with Crippen LogP contribution >= 0.6 is 0 Å². The van der Waals surface area contributed by atoms with Gasteiger partial charge in [0.2, 0.25) is 0 Å². The maximum Gasteiger partial charge on any atom is 0.337 e. The molecule has 1 rings (SSSR count). The van der Waals surface area contributed by atoms with E-state index in [-0.39, 0.29) is 0 Å². The minimum Gasteiger partial charge on any atom is -0.467 e. The molecule has 5 atom stereocenters. The molecule has 0 aliphatic carbocycles. The lowest BCUT2D eigenvalue weighted by Gasteiger charge is -2.17. The number of hydrogen-bond acceptors (Lipinski definition) is 6. The van der Waals surface area contributed by atoms with Crippen molar-refractivity contribution in [3.8, 4) is 0 Å². The van der Waals surface area contributed by atoms with Crippen molar-refractivity contribution in [2.24, 2.45) is 5.73 Å². The van der Waals surface area contributed by atoms with Gasteiger partial charge in [0.25, 0.3) is 0 Å². The van der Waals surface area contributed by atoms with Gasteiger partial charge in [-0.15, -0.1) is 0 Å². The smallest absolute Gasteiger partial charge is 0.337 e. The van der Waals surface area contributed by atoms with Gasteiger partial charge in [-0.3, -0.25) is 0 Å². The molecule has 82 valence electrons. The third-order valence-electron chi connectivity index (χ3n) is 2.25. The van der Waals surface area contributed by atoms with Gasteiger partial charge in [0.15, 0.2) is 6.10 Å². The van der Waals surface area contributed by atoms with Crippen LogP contribution in [0, 0.1) is 0 Å². The summed E-state index contributed by atoms with van der Waals surface area (Å²) in [4.78, 5) is 11.1. The van der Waals surface area contributed by atoms with E-state index in [0.29, 0.717) is 0 Å². The summed E-state index contributed by atoms with van der Waals surface area (Å²) in [5, 5.41) is 18.9. The van der Waals surface area contributed by atoms with E-state index in [2.05, 4.69) is 4.74 Å². The Labute approximate surface area is 81.6 Å². The first-order chi connectivity index (χ1) is 6.49. The monoisotopic (exact) mass is 205 g/mol. The Morgan fingerprint density at radius 1 is 1.50 bits per heavy atom. The summed E-state index contributed by atoms with van der Waals surface area (Å²) < 4.78 is 9.51. The van der Waals surface area contributed by atoms with Crippen LogP contribution in [0.5, 0.6) is 0 Å². The lowest BCUT2D eigenvalue weighted by Crippen LogP contribution is -2.41. The summed E-state index contributed by atoms with van der Waals surface area (Å²) in [5.74, 6) is -0.709. The number of hydrogen-bond donors (Lipinski definition) is 3. The highest BCUT2D eigenvalue weighted by Crippen LogP contribution is 2.23. The fourth-order valence-corrected chi connectivity index (χ4v) is 1.45. The third kappa shape index (κ3) is 1.88. The average molecular weight is 205 g/mol.